The first-order valence-corrected chi connectivity index (χ1v) is 7.32. The summed E-state index contributed by atoms with van der Waals surface area (Å²) in [6.45, 7) is 5.53. The third-order valence-corrected chi connectivity index (χ3v) is 2.74. The Balaban J connectivity index is 2.39. The van der Waals surface area contributed by atoms with Crippen molar-refractivity contribution in [3.05, 3.63) is 29.8 Å². The van der Waals surface area contributed by atoms with E-state index in [1.807, 2.05) is 13.8 Å². The molecule has 0 aliphatic carbocycles. The molecule has 0 saturated heterocycles. The van der Waals surface area contributed by atoms with Gasteiger partial charge in [0.1, 0.15) is 0 Å². The Morgan fingerprint density at radius 3 is 2.43 bits per heavy atom. The van der Waals surface area contributed by atoms with Crippen molar-refractivity contribution in [3.63, 3.8) is 0 Å². The molecule has 0 saturated carbocycles. The van der Waals surface area contributed by atoms with E-state index in [1.54, 1.807) is 24.3 Å². The van der Waals surface area contributed by atoms with Crippen LogP contribution < -0.4 is 5.32 Å². The van der Waals surface area contributed by atoms with E-state index in [0.29, 0.717) is 43.9 Å². The lowest BCUT2D eigenvalue weighted by Crippen LogP contribution is -2.12. The van der Waals surface area contributed by atoms with Crippen LogP contribution in [0.5, 0.6) is 0 Å². The number of carbonyl (C=O) groups excluding carboxylic acids is 2. The second-order valence-corrected chi connectivity index (χ2v) is 4.56. The highest BCUT2D eigenvalue weighted by Gasteiger charge is 2.07. The Kier molecular flexibility index (Phi) is 8.12. The lowest BCUT2D eigenvalue weighted by atomic mass is 10.2. The zero-order valence-corrected chi connectivity index (χ0v) is 12.7. The molecule has 0 atom stereocenters. The molecule has 1 aromatic carbocycles. The van der Waals surface area contributed by atoms with Crippen LogP contribution in [0.25, 0.3) is 0 Å². The number of benzene rings is 1. The topological polar surface area (TPSA) is 64.6 Å². The normalized spacial score (nSPS) is 10.2. The molecule has 0 bridgehead atoms. The second kappa shape index (κ2) is 9.94. The van der Waals surface area contributed by atoms with Crippen LogP contribution in [0.3, 0.4) is 0 Å². The molecule has 5 nitrogen and oxygen atoms in total. The van der Waals surface area contributed by atoms with E-state index >= 15 is 0 Å². The van der Waals surface area contributed by atoms with Crippen molar-refractivity contribution in [2.75, 3.05) is 25.1 Å². The maximum absolute atomic E-state index is 11.7. The van der Waals surface area contributed by atoms with Gasteiger partial charge in [-0.05, 0) is 44.0 Å². The minimum atomic E-state index is -0.341. The Bertz CT molecular complexity index is 442. The van der Waals surface area contributed by atoms with Crippen molar-refractivity contribution in [2.45, 2.75) is 33.1 Å². The molecule has 21 heavy (non-hydrogen) atoms. The van der Waals surface area contributed by atoms with Crippen LogP contribution in [0.15, 0.2) is 24.3 Å². The summed E-state index contributed by atoms with van der Waals surface area (Å²) in [5.74, 6) is -0.401. The number of rotatable bonds is 9. The minimum Gasteiger partial charge on any atom is -0.462 e. The number of hydrogen-bond donors (Lipinski definition) is 1. The Morgan fingerprint density at radius 1 is 1.10 bits per heavy atom. The summed E-state index contributed by atoms with van der Waals surface area (Å²) in [5.41, 5.74) is 1.15. The molecule has 116 valence electrons. The van der Waals surface area contributed by atoms with Gasteiger partial charge in [-0.3, -0.25) is 4.79 Å². The summed E-state index contributed by atoms with van der Waals surface area (Å²) in [5, 5.41) is 2.78. The first-order chi connectivity index (χ1) is 10.2. The molecule has 0 spiro atoms. The zero-order chi connectivity index (χ0) is 15.5. The summed E-state index contributed by atoms with van der Waals surface area (Å²) < 4.78 is 10.2. The van der Waals surface area contributed by atoms with Gasteiger partial charge in [0.25, 0.3) is 0 Å². The smallest absolute Gasteiger partial charge is 0.338 e. The van der Waals surface area contributed by atoms with E-state index in [0.717, 1.165) is 6.42 Å². The molecule has 0 radical (unpaired) electrons. The van der Waals surface area contributed by atoms with Gasteiger partial charge in [-0.15, -0.1) is 0 Å². The molecule has 1 rings (SSSR count). The van der Waals surface area contributed by atoms with Crippen molar-refractivity contribution in [2.24, 2.45) is 0 Å². The largest absolute Gasteiger partial charge is 0.462 e. The summed E-state index contributed by atoms with van der Waals surface area (Å²) in [4.78, 5) is 23.3. The first-order valence-electron chi connectivity index (χ1n) is 7.32. The summed E-state index contributed by atoms with van der Waals surface area (Å²) in [7, 11) is 0. The summed E-state index contributed by atoms with van der Waals surface area (Å²) in [6, 6.07) is 6.69. The third-order valence-electron chi connectivity index (χ3n) is 2.74. The summed E-state index contributed by atoms with van der Waals surface area (Å²) in [6.07, 6.45) is 1.91. The fourth-order valence-corrected chi connectivity index (χ4v) is 1.67. The van der Waals surface area contributed by atoms with Crippen molar-refractivity contribution in [3.8, 4) is 0 Å². The van der Waals surface area contributed by atoms with E-state index in [4.69, 9.17) is 9.47 Å². The van der Waals surface area contributed by atoms with E-state index < -0.39 is 0 Å². The maximum atomic E-state index is 11.7. The van der Waals surface area contributed by atoms with Crippen LogP contribution in [-0.2, 0) is 14.3 Å². The van der Waals surface area contributed by atoms with Gasteiger partial charge >= 0.3 is 5.97 Å². The average Bonchev–Trinajstić information content (AvgIpc) is 2.50. The predicted octanol–water partition coefficient (Wildman–Crippen LogP) is 3.01. The van der Waals surface area contributed by atoms with Crippen LogP contribution in [0.2, 0.25) is 0 Å². The fourth-order valence-electron chi connectivity index (χ4n) is 1.67. The maximum Gasteiger partial charge on any atom is 0.338 e. The molecule has 0 aliphatic rings. The molecule has 0 heterocycles. The van der Waals surface area contributed by atoms with Crippen molar-refractivity contribution in [1.82, 2.24) is 0 Å². The second-order valence-electron chi connectivity index (χ2n) is 4.56. The Hall–Kier alpha value is -1.88. The highest BCUT2D eigenvalue weighted by atomic mass is 16.5. The van der Waals surface area contributed by atoms with Gasteiger partial charge in [0, 0.05) is 25.3 Å². The molecule has 1 amide bonds. The molecule has 0 aliphatic heterocycles. The number of hydrogen-bond acceptors (Lipinski definition) is 4. The van der Waals surface area contributed by atoms with E-state index in [2.05, 4.69) is 5.32 Å². The third kappa shape index (κ3) is 6.90. The van der Waals surface area contributed by atoms with Gasteiger partial charge < -0.3 is 14.8 Å². The lowest BCUT2D eigenvalue weighted by molar-refractivity contribution is -0.116. The monoisotopic (exact) mass is 293 g/mol. The molecular formula is C16H23NO4. The van der Waals surface area contributed by atoms with Crippen LogP contribution >= 0.6 is 0 Å². The van der Waals surface area contributed by atoms with E-state index in [-0.39, 0.29) is 11.9 Å². The number of esters is 1. The van der Waals surface area contributed by atoms with Crippen LogP contribution in [-0.4, -0.2) is 31.7 Å². The van der Waals surface area contributed by atoms with Crippen LogP contribution in [0.4, 0.5) is 5.69 Å². The minimum absolute atomic E-state index is 0.0592. The lowest BCUT2D eigenvalue weighted by Gasteiger charge is -2.07. The van der Waals surface area contributed by atoms with Crippen molar-refractivity contribution >= 4 is 17.6 Å². The Morgan fingerprint density at radius 2 is 1.81 bits per heavy atom. The van der Waals surface area contributed by atoms with Crippen molar-refractivity contribution < 1.29 is 19.1 Å². The van der Waals surface area contributed by atoms with E-state index in [1.165, 1.54) is 0 Å². The molecular weight excluding hydrogens is 270 g/mol. The Labute approximate surface area is 125 Å². The molecule has 1 N–H and O–H groups in total. The average molecular weight is 293 g/mol. The predicted molar refractivity (Wildman–Crippen MR) is 81.4 cm³/mol. The standard InChI is InChI=1S/C16H23NO4/c1-3-11-21-16(19)13-7-9-14(10-8-13)17-15(18)6-5-12-20-4-2/h7-10H,3-6,11-12H2,1-2H3,(H,17,18). The highest BCUT2D eigenvalue weighted by molar-refractivity contribution is 5.93. The van der Waals surface area contributed by atoms with Gasteiger partial charge in [0.2, 0.25) is 5.91 Å². The van der Waals surface area contributed by atoms with Crippen LogP contribution in [0.1, 0.15) is 43.5 Å². The molecule has 0 aromatic heterocycles. The van der Waals surface area contributed by atoms with Gasteiger partial charge in [0.15, 0.2) is 0 Å². The van der Waals surface area contributed by atoms with Gasteiger partial charge in [-0.25, -0.2) is 4.79 Å². The molecule has 0 unspecified atom stereocenters. The number of nitrogens with one attached hydrogen (secondary N) is 1. The highest BCUT2D eigenvalue weighted by Crippen LogP contribution is 2.11. The van der Waals surface area contributed by atoms with Gasteiger partial charge in [-0.1, -0.05) is 6.92 Å². The fraction of sp³-hybridized carbons (Fsp3) is 0.500. The van der Waals surface area contributed by atoms with E-state index in [9.17, 15) is 9.59 Å². The summed E-state index contributed by atoms with van der Waals surface area (Å²) >= 11 is 0. The van der Waals surface area contributed by atoms with Gasteiger partial charge in [-0.2, -0.15) is 0 Å². The SMILES string of the molecule is CCCOC(=O)c1ccc(NC(=O)CCCOCC)cc1. The zero-order valence-electron chi connectivity index (χ0n) is 12.7. The van der Waals surface area contributed by atoms with Crippen molar-refractivity contribution in [1.29, 1.82) is 0 Å². The molecule has 5 heteroatoms. The number of carbonyl (C=O) groups is 2. The molecule has 1 aromatic rings. The number of ether oxygens (including phenoxy) is 2. The van der Waals surface area contributed by atoms with Crippen LogP contribution in [0, 0.1) is 0 Å². The molecule has 0 fully saturated rings. The first kappa shape index (κ1) is 17.2. The number of amides is 1. The number of anilines is 1. The van der Waals surface area contributed by atoms with Gasteiger partial charge in [0.05, 0.1) is 12.2 Å². The quantitative estimate of drug-likeness (QED) is 0.561.